The standard InChI is InChI=1S/C15H14F4N2O2/c16-11-5-8(1-2-10(11)15(17,18)19)12-6-9(3-4-20-12)13-7-14(22)21-23-13/h1-2,5,7,9,12,20H,3-4,6H2,(H,21,22)/t9-,12+/m0/s1. The molecule has 23 heavy (non-hydrogen) atoms. The molecule has 0 spiro atoms. The van der Waals surface area contributed by atoms with Gasteiger partial charge in [0.05, 0.1) is 5.56 Å². The highest BCUT2D eigenvalue weighted by atomic mass is 19.4. The number of piperidine rings is 1. The van der Waals surface area contributed by atoms with Crippen LogP contribution in [0.25, 0.3) is 0 Å². The van der Waals surface area contributed by atoms with Gasteiger partial charge in [-0.1, -0.05) is 6.07 Å². The van der Waals surface area contributed by atoms with Crippen LogP contribution in [0.5, 0.6) is 0 Å². The van der Waals surface area contributed by atoms with Crippen LogP contribution in [0.15, 0.2) is 33.6 Å². The second-order valence-corrected chi connectivity index (χ2v) is 5.58. The summed E-state index contributed by atoms with van der Waals surface area (Å²) in [6, 6.07) is 4.01. The van der Waals surface area contributed by atoms with Crippen LogP contribution in [0, 0.1) is 5.82 Å². The van der Waals surface area contributed by atoms with Crippen LogP contribution >= 0.6 is 0 Å². The lowest BCUT2D eigenvalue weighted by Gasteiger charge is -2.29. The summed E-state index contributed by atoms with van der Waals surface area (Å²) in [6.45, 7) is 0.590. The molecule has 0 amide bonds. The van der Waals surface area contributed by atoms with E-state index in [0.717, 1.165) is 18.6 Å². The fourth-order valence-corrected chi connectivity index (χ4v) is 2.91. The first-order valence-electron chi connectivity index (χ1n) is 7.13. The van der Waals surface area contributed by atoms with E-state index in [1.807, 2.05) is 0 Å². The summed E-state index contributed by atoms with van der Waals surface area (Å²) in [5.41, 5.74) is -1.17. The van der Waals surface area contributed by atoms with E-state index in [1.165, 1.54) is 12.1 Å². The van der Waals surface area contributed by atoms with Crippen molar-refractivity contribution >= 4 is 0 Å². The average Bonchev–Trinajstić information content (AvgIpc) is 2.92. The van der Waals surface area contributed by atoms with E-state index in [9.17, 15) is 22.4 Å². The minimum atomic E-state index is -4.71. The van der Waals surface area contributed by atoms with Gasteiger partial charge in [0, 0.05) is 18.0 Å². The van der Waals surface area contributed by atoms with Crippen LogP contribution in [0.3, 0.4) is 0 Å². The molecule has 2 aromatic rings. The van der Waals surface area contributed by atoms with Gasteiger partial charge in [0.25, 0.3) is 5.56 Å². The number of hydrogen-bond donors (Lipinski definition) is 2. The highest BCUT2D eigenvalue weighted by molar-refractivity contribution is 5.29. The normalized spacial score (nSPS) is 22.3. The molecule has 1 aromatic carbocycles. The SMILES string of the molecule is O=c1cc([C@H]2CCN[C@@H](c3ccc(C(F)(F)F)c(F)c3)C2)o[nH]1. The van der Waals surface area contributed by atoms with Gasteiger partial charge in [-0.2, -0.15) is 18.3 Å². The molecule has 124 valence electrons. The number of nitrogens with one attached hydrogen (secondary N) is 2. The molecule has 1 fully saturated rings. The van der Waals surface area contributed by atoms with E-state index in [4.69, 9.17) is 4.52 Å². The summed E-state index contributed by atoms with van der Waals surface area (Å²) in [4.78, 5) is 11.1. The third-order valence-corrected chi connectivity index (χ3v) is 4.05. The van der Waals surface area contributed by atoms with Gasteiger partial charge < -0.3 is 9.84 Å². The van der Waals surface area contributed by atoms with Crippen molar-refractivity contribution in [1.29, 1.82) is 0 Å². The second-order valence-electron chi connectivity index (χ2n) is 5.58. The maximum absolute atomic E-state index is 13.7. The largest absolute Gasteiger partial charge is 0.419 e. The van der Waals surface area contributed by atoms with E-state index < -0.39 is 17.6 Å². The Labute approximate surface area is 128 Å². The number of hydrogen-bond acceptors (Lipinski definition) is 3. The van der Waals surface area contributed by atoms with Gasteiger partial charge in [0.15, 0.2) is 0 Å². The molecule has 2 heterocycles. The van der Waals surface area contributed by atoms with Gasteiger partial charge in [-0.3, -0.25) is 4.79 Å². The predicted octanol–water partition coefficient (Wildman–Crippen LogP) is 3.33. The van der Waals surface area contributed by atoms with Crippen LogP contribution in [-0.2, 0) is 6.18 Å². The van der Waals surface area contributed by atoms with Crippen molar-refractivity contribution in [3.05, 3.63) is 57.3 Å². The molecule has 3 rings (SSSR count). The molecule has 8 heteroatoms. The topological polar surface area (TPSA) is 58.0 Å². The first kappa shape index (κ1) is 15.8. The summed E-state index contributed by atoms with van der Waals surface area (Å²) < 4.78 is 56.6. The van der Waals surface area contributed by atoms with Crippen LogP contribution in [0.4, 0.5) is 17.6 Å². The molecule has 4 nitrogen and oxygen atoms in total. The zero-order valence-corrected chi connectivity index (χ0v) is 11.9. The highest BCUT2D eigenvalue weighted by Gasteiger charge is 2.35. The van der Waals surface area contributed by atoms with Crippen LogP contribution in [0.2, 0.25) is 0 Å². The molecule has 1 saturated heterocycles. The average molecular weight is 330 g/mol. The fourth-order valence-electron chi connectivity index (χ4n) is 2.91. The minimum Gasteiger partial charge on any atom is -0.383 e. The summed E-state index contributed by atoms with van der Waals surface area (Å²) in [5.74, 6) is -0.827. The molecule has 0 unspecified atom stereocenters. The quantitative estimate of drug-likeness (QED) is 0.831. The Balaban J connectivity index is 1.81. The van der Waals surface area contributed by atoms with E-state index in [0.29, 0.717) is 24.3 Å². The van der Waals surface area contributed by atoms with Gasteiger partial charge >= 0.3 is 6.18 Å². The third-order valence-electron chi connectivity index (χ3n) is 4.05. The van der Waals surface area contributed by atoms with Crippen molar-refractivity contribution < 1.29 is 22.1 Å². The second kappa shape index (κ2) is 5.84. The monoisotopic (exact) mass is 330 g/mol. The zero-order valence-electron chi connectivity index (χ0n) is 11.9. The molecule has 0 aliphatic carbocycles. The Morgan fingerprint density at radius 2 is 2.00 bits per heavy atom. The van der Waals surface area contributed by atoms with Crippen LogP contribution < -0.4 is 10.9 Å². The number of aromatic nitrogens is 1. The Hall–Kier alpha value is -2.09. The zero-order chi connectivity index (χ0) is 16.6. The van der Waals surface area contributed by atoms with Crippen molar-refractivity contribution in [2.24, 2.45) is 0 Å². The lowest BCUT2D eigenvalue weighted by molar-refractivity contribution is -0.140. The Morgan fingerprint density at radius 1 is 1.22 bits per heavy atom. The molecule has 1 aromatic heterocycles. The van der Waals surface area contributed by atoms with E-state index in [2.05, 4.69) is 10.5 Å². The first-order chi connectivity index (χ1) is 10.8. The summed E-state index contributed by atoms with van der Waals surface area (Å²) in [6.07, 6.45) is -3.48. The van der Waals surface area contributed by atoms with Gasteiger partial charge in [-0.25, -0.2) is 4.39 Å². The molecule has 1 aliphatic heterocycles. The maximum Gasteiger partial charge on any atom is 0.419 e. The number of benzene rings is 1. The van der Waals surface area contributed by atoms with Gasteiger partial charge in [0.2, 0.25) is 0 Å². The van der Waals surface area contributed by atoms with Gasteiger partial charge in [-0.05, 0) is 37.1 Å². The number of H-pyrrole nitrogens is 1. The number of rotatable bonds is 2. The lowest BCUT2D eigenvalue weighted by atomic mass is 9.87. The van der Waals surface area contributed by atoms with Crippen molar-refractivity contribution in [1.82, 2.24) is 10.5 Å². The number of halogens is 4. The lowest BCUT2D eigenvalue weighted by Crippen LogP contribution is -2.31. The molecule has 2 atom stereocenters. The van der Waals surface area contributed by atoms with E-state index in [1.54, 1.807) is 0 Å². The van der Waals surface area contributed by atoms with Crippen LogP contribution in [0.1, 0.15) is 41.7 Å². The van der Waals surface area contributed by atoms with E-state index in [-0.39, 0.29) is 17.5 Å². The van der Waals surface area contributed by atoms with Crippen molar-refractivity contribution in [2.45, 2.75) is 31.0 Å². The summed E-state index contributed by atoms with van der Waals surface area (Å²) in [7, 11) is 0. The van der Waals surface area contributed by atoms with Gasteiger partial charge in [0.1, 0.15) is 11.6 Å². The van der Waals surface area contributed by atoms with Crippen LogP contribution in [-0.4, -0.2) is 11.7 Å². The first-order valence-corrected chi connectivity index (χ1v) is 7.13. The molecule has 1 aliphatic rings. The van der Waals surface area contributed by atoms with Crippen molar-refractivity contribution in [2.75, 3.05) is 6.54 Å². The number of alkyl halides is 3. The third kappa shape index (κ3) is 3.31. The van der Waals surface area contributed by atoms with Crippen molar-refractivity contribution in [3.63, 3.8) is 0 Å². The Morgan fingerprint density at radius 3 is 2.61 bits per heavy atom. The molecule has 0 bridgehead atoms. The highest BCUT2D eigenvalue weighted by Crippen LogP contribution is 2.36. The van der Waals surface area contributed by atoms with E-state index >= 15 is 0 Å². The Bertz CT molecular complexity index is 750. The molecule has 0 radical (unpaired) electrons. The maximum atomic E-state index is 13.7. The number of aromatic amines is 1. The fraction of sp³-hybridized carbons (Fsp3) is 0.400. The molecule has 0 saturated carbocycles. The molecule has 2 N–H and O–H groups in total. The van der Waals surface area contributed by atoms with Gasteiger partial charge in [-0.15, -0.1) is 0 Å². The van der Waals surface area contributed by atoms with Crippen molar-refractivity contribution in [3.8, 4) is 0 Å². The smallest absolute Gasteiger partial charge is 0.383 e. The minimum absolute atomic E-state index is 0.0504. The molecular formula is C15H14F4N2O2. The summed E-state index contributed by atoms with van der Waals surface area (Å²) in [5, 5.41) is 5.37. The predicted molar refractivity (Wildman–Crippen MR) is 73.4 cm³/mol. The Kier molecular flexibility index (Phi) is 4.01. The molecular weight excluding hydrogens is 316 g/mol. The summed E-state index contributed by atoms with van der Waals surface area (Å²) >= 11 is 0.